The van der Waals surface area contributed by atoms with Crippen molar-refractivity contribution in [2.45, 2.75) is 6.04 Å². The monoisotopic (exact) mass is 510 g/mol. The molecule has 0 aromatic heterocycles. The number of para-hydroxylation sites is 1. The molecule has 2 heterocycles. The van der Waals surface area contributed by atoms with Gasteiger partial charge in [0, 0.05) is 26.2 Å². The van der Waals surface area contributed by atoms with Crippen LogP contribution in [0.25, 0.3) is 6.08 Å². The third-order valence-corrected chi connectivity index (χ3v) is 6.71. The number of benzene rings is 3. The molecule has 1 unspecified atom stereocenters. The summed E-state index contributed by atoms with van der Waals surface area (Å²) in [6.07, 6.45) is 3.10. The highest BCUT2D eigenvalue weighted by Crippen LogP contribution is 2.39. The average molecular weight is 511 g/mol. The summed E-state index contributed by atoms with van der Waals surface area (Å²) in [5, 5.41) is 10.9. The van der Waals surface area contributed by atoms with Crippen molar-refractivity contribution < 1.29 is 24.2 Å². The SMILES string of the molecule is O=C(/C=C/c1ccccc1)C1=C(O)C(=O)N(CCN2CCOCC2)C1c1cccc(Oc2ccccc2)c1. The van der Waals surface area contributed by atoms with Crippen LogP contribution in [-0.4, -0.2) is 66.0 Å². The van der Waals surface area contributed by atoms with Crippen LogP contribution in [0.2, 0.25) is 0 Å². The smallest absolute Gasteiger partial charge is 0.290 e. The van der Waals surface area contributed by atoms with Crippen LogP contribution >= 0.6 is 0 Å². The Morgan fingerprint density at radius 2 is 1.61 bits per heavy atom. The Labute approximate surface area is 222 Å². The van der Waals surface area contributed by atoms with Gasteiger partial charge in [-0.2, -0.15) is 0 Å². The second kappa shape index (κ2) is 11.9. The molecule has 0 saturated carbocycles. The second-order valence-electron chi connectivity index (χ2n) is 9.21. The Bertz CT molecular complexity index is 1330. The maximum absolute atomic E-state index is 13.4. The Balaban J connectivity index is 1.45. The number of ether oxygens (including phenoxy) is 2. The van der Waals surface area contributed by atoms with E-state index in [2.05, 4.69) is 4.90 Å². The minimum atomic E-state index is -0.740. The van der Waals surface area contributed by atoms with Gasteiger partial charge < -0.3 is 19.5 Å². The first-order chi connectivity index (χ1) is 18.6. The lowest BCUT2D eigenvalue weighted by atomic mass is 9.95. The summed E-state index contributed by atoms with van der Waals surface area (Å²) >= 11 is 0. The van der Waals surface area contributed by atoms with E-state index >= 15 is 0 Å². The fraction of sp³-hybridized carbons (Fsp3) is 0.226. The highest BCUT2D eigenvalue weighted by Gasteiger charge is 2.43. The molecule has 194 valence electrons. The van der Waals surface area contributed by atoms with Crippen LogP contribution in [0.4, 0.5) is 0 Å². The average Bonchev–Trinajstić information content (AvgIpc) is 3.22. The van der Waals surface area contributed by atoms with Crippen LogP contribution < -0.4 is 4.74 Å². The van der Waals surface area contributed by atoms with Gasteiger partial charge in [-0.15, -0.1) is 0 Å². The lowest BCUT2D eigenvalue weighted by molar-refractivity contribution is -0.129. The van der Waals surface area contributed by atoms with Gasteiger partial charge in [0.1, 0.15) is 11.5 Å². The highest BCUT2D eigenvalue weighted by molar-refractivity contribution is 6.14. The van der Waals surface area contributed by atoms with Crippen LogP contribution in [0.1, 0.15) is 17.2 Å². The number of aliphatic hydroxyl groups excluding tert-OH is 1. The number of allylic oxidation sites excluding steroid dienone is 1. The second-order valence-corrected chi connectivity index (χ2v) is 9.21. The molecule has 0 bridgehead atoms. The zero-order valence-corrected chi connectivity index (χ0v) is 21.0. The molecule has 1 N–H and O–H groups in total. The van der Waals surface area contributed by atoms with E-state index in [9.17, 15) is 14.7 Å². The molecule has 7 nitrogen and oxygen atoms in total. The number of amides is 1. The summed E-state index contributed by atoms with van der Waals surface area (Å²) < 4.78 is 11.5. The minimum Gasteiger partial charge on any atom is -0.503 e. The minimum absolute atomic E-state index is 0.0704. The molecule has 1 fully saturated rings. The summed E-state index contributed by atoms with van der Waals surface area (Å²) in [6, 6.07) is 25.4. The molecule has 3 aromatic carbocycles. The van der Waals surface area contributed by atoms with Gasteiger partial charge in [-0.1, -0.05) is 66.7 Å². The third-order valence-electron chi connectivity index (χ3n) is 6.71. The van der Waals surface area contributed by atoms with Crippen molar-refractivity contribution in [1.29, 1.82) is 0 Å². The van der Waals surface area contributed by atoms with Crippen molar-refractivity contribution in [1.82, 2.24) is 9.80 Å². The molecule has 1 saturated heterocycles. The molecule has 2 aliphatic rings. The lowest BCUT2D eigenvalue weighted by Gasteiger charge is -2.31. The summed E-state index contributed by atoms with van der Waals surface area (Å²) in [4.78, 5) is 30.5. The first-order valence-electron chi connectivity index (χ1n) is 12.7. The van der Waals surface area contributed by atoms with Crippen LogP contribution in [-0.2, 0) is 14.3 Å². The van der Waals surface area contributed by atoms with E-state index in [1.54, 1.807) is 11.0 Å². The fourth-order valence-electron chi connectivity index (χ4n) is 4.76. The zero-order chi connectivity index (χ0) is 26.3. The number of aliphatic hydroxyl groups is 1. The topological polar surface area (TPSA) is 79.3 Å². The number of rotatable bonds is 9. The number of hydrogen-bond acceptors (Lipinski definition) is 6. The number of ketones is 1. The molecular weight excluding hydrogens is 480 g/mol. The molecule has 0 aliphatic carbocycles. The molecule has 3 aromatic rings. The predicted octanol–water partition coefficient (Wildman–Crippen LogP) is 4.79. The van der Waals surface area contributed by atoms with Gasteiger partial charge in [-0.25, -0.2) is 0 Å². The van der Waals surface area contributed by atoms with Crippen LogP contribution in [0, 0.1) is 0 Å². The molecule has 0 radical (unpaired) electrons. The largest absolute Gasteiger partial charge is 0.503 e. The van der Waals surface area contributed by atoms with Gasteiger partial charge in [0.25, 0.3) is 5.91 Å². The van der Waals surface area contributed by atoms with Crippen molar-refractivity contribution in [3.8, 4) is 11.5 Å². The van der Waals surface area contributed by atoms with Crippen molar-refractivity contribution >= 4 is 17.8 Å². The van der Waals surface area contributed by atoms with Crippen LogP contribution in [0.5, 0.6) is 11.5 Å². The fourth-order valence-corrected chi connectivity index (χ4v) is 4.76. The molecule has 5 rings (SSSR count). The Morgan fingerprint density at radius 1 is 0.921 bits per heavy atom. The van der Waals surface area contributed by atoms with Gasteiger partial charge in [-0.05, 0) is 41.5 Å². The standard InChI is InChI=1S/C31H30N2O5/c34-27(15-14-23-8-3-1-4-9-23)28-29(24-10-7-13-26(22-24)38-25-11-5-2-6-12-25)33(31(36)30(28)35)17-16-32-18-20-37-21-19-32/h1-15,22,29,35H,16-21H2/b15-14+. The Morgan fingerprint density at radius 3 is 2.34 bits per heavy atom. The summed E-state index contributed by atoms with van der Waals surface area (Å²) in [6.45, 7) is 3.81. The van der Waals surface area contributed by atoms with Gasteiger partial charge >= 0.3 is 0 Å². The van der Waals surface area contributed by atoms with E-state index in [-0.39, 0.29) is 5.57 Å². The molecular formula is C31H30N2O5. The molecule has 1 atom stereocenters. The number of hydrogen-bond donors (Lipinski definition) is 1. The predicted molar refractivity (Wildman–Crippen MR) is 145 cm³/mol. The van der Waals surface area contributed by atoms with Crippen LogP contribution in [0.3, 0.4) is 0 Å². The van der Waals surface area contributed by atoms with Crippen molar-refractivity contribution in [3.63, 3.8) is 0 Å². The third kappa shape index (κ3) is 5.85. The van der Waals surface area contributed by atoms with Crippen molar-refractivity contribution in [3.05, 3.63) is 113 Å². The first kappa shape index (κ1) is 25.4. The van der Waals surface area contributed by atoms with Gasteiger partial charge in [-0.3, -0.25) is 14.5 Å². The molecule has 1 amide bonds. The molecule has 0 spiro atoms. The van der Waals surface area contributed by atoms with Gasteiger partial charge in [0.15, 0.2) is 11.5 Å². The maximum atomic E-state index is 13.4. The zero-order valence-electron chi connectivity index (χ0n) is 21.0. The number of nitrogens with zero attached hydrogens (tertiary/aromatic N) is 2. The molecule has 7 heteroatoms. The van der Waals surface area contributed by atoms with E-state index < -0.39 is 23.5 Å². The Hall–Kier alpha value is -4.20. The lowest BCUT2D eigenvalue weighted by Crippen LogP contribution is -2.43. The van der Waals surface area contributed by atoms with E-state index in [0.29, 0.717) is 43.4 Å². The van der Waals surface area contributed by atoms with E-state index in [1.807, 2.05) is 84.9 Å². The maximum Gasteiger partial charge on any atom is 0.290 e. The van der Waals surface area contributed by atoms with Crippen molar-refractivity contribution in [2.75, 3.05) is 39.4 Å². The van der Waals surface area contributed by atoms with Gasteiger partial charge in [0.2, 0.25) is 0 Å². The highest BCUT2D eigenvalue weighted by atomic mass is 16.5. The Kier molecular flexibility index (Phi) is 7.97. The summed E-state index contributed by atoms with van der Waals surface area (Å²) in [5.41, 5.74) is 1.61. The first-order valence-corrected chi connectivity index (χ1v) is 12.7. The molecule has 2 aliphatic heterocycles. The summed E-state index contributed by atoms with van der Waals surface area (Å²) in [7, 11) is 0. The number of morpholine rings is 1. The van der Waals surface area contributed by atoms with E-state index in [0.717, 1.165) is 18.7 Å². The van der Waals surface area contributed by atoms with E-state index in [4.69, 9.17) is 9.47 Å². The molecule has 38 heavy (non-hydrogen) atoms. The van der Waals surface area contributed by atoms with Crippen molar-refractivity contribution in [2.24, 2.45) is 0 Å². The number of carbonyl (C=O) groups is 2. The normalized spacial score (nSPS) is 18.4. The number of carbonyl (C=O) groups excluding carboxylic acids is 2. The van der Waals surface area contributed by atoms with E-state index in [1.165, 1.54) is 6.08 Å². The van der Waals surface area contributed by atoms with Crippen LogP contribution in [0.15, 0.2) is 102 Å². The summed E-state index contributed by atoms with van der Waals surface area (Å²) in [5.74, 6) is -0.208. The van der Waals surface area contributed by atoms with Gasteiger partial charge in [0.05, 0.1) is 24.8 Å². The quantitative estimate of drug-likeness (QED) is 0.417.